The zero-order chi connectivity index (χ0) is 26.1. The van der Waals surface area contributed by atoms with Crippen LogP contribution in [0.25, 0.3) is 11.0 Å². The quantitative estimate of drug-likeness (QED) is 0.249. The number of aromatic nitrogens is 3. The minimum absolute atomic E-state index is 0.0804. The molecule has 8 nitrogen and oxygen atoms in total. The molecule has 1 saturated heterocycles. The van der Waals surface area contributed by atoms with Crippen LogP contribution in [0.15, 0.2) is 61.1 Å². The Hall–Kier alpha value is -3.75. The third-order valence-electron chi connectivity index (χ3n) is 6.46. The van der Waals surface area contributed by atoms with Crippen LogP contribution in [0.5, 0.6) is 0 Å². The summed E-state index contributed by atoms with van der Waals surface area (Å²) in [6, 6.07) is 14.3. The fourth-order valence-corrected chi connectivity index (χ4v) is 4.69. The minimum atomic E-state index is -0.677. The van der Waals surface area contributed by atoms with Gasteiger partial charge in [0.05, 0.1) is 16.5 Å². The van der Waals surface area contributed by atoms with Crippen molar-refractivity contribution >= 4 is 34.6 Å². The summed E-state index contributed by atoms with van der Waals surface area (Å²) in [5.41, 5.74) is 4.46. The van der Waals surface area contributed by atoms with E-state index in [0.717, 1.165) is 22.1 Å². The van der Waals surface area contributed by atoms with Crippen molar-refractivity contribution in [2.24, 2.45) is 0 Å². The van der Waals surface area contributed by atoms with E-state index >= 15 is 0 Å². The largest absolute Gasteiger partial charge is 0.459 e. The maximum absolute atomic E-state index is 12.9. The smallest absolute Gasteiger partial charge is 0.338 e. The molecule has 0 saturated carbocycles. The van der Waals surface area contributed by atoms with Gasteiger partial charge in [-0.2, -0.15) is 0 Å². The molecule has 1 fully saturated rings. The van der Waals surface area contributed by atoms with Gasteiger partial charge in [-0.1, -0.05) is 47.0 Å². The van der Waals surface area contributed by atoms with Crippen molar-refractivity contribution in [1.29, 1.82) is 0 Å². The standard InChI is InChI=1S/C28H26ClN3O5/c1-16-4-8-19(9-5-16)27(33)35-14-22-21(37-28(34)20-10-6-17(2)7-11-20)12-23(36-22)32-13-18(3)24-25(29)30-15-31-26(24)32/h4-11,13,15,21-23H,12,14H2,1-3H3/t21-,22+,23+/m0/s1. The van der Waals surface area contributed by atoms with Crippen LogP contribution in [-0.2, 0) is 14.2 Å². The van der Waals surface area contributed by atoms with Gasteiger partial charge in [0.25, 0.3) is 0 Å². The summed E-state index contributed by atoms with van der Waals surface area (Å²) in [5, 5.41) is 1.08. The van der Waals surface area contributed by atoms with Crippen molar-refractivity contribution in [3.63, 3.8) is 0 Å². The molecule has 3 heterocycles. The molecule has 1 aliphatic rings. The molecule has 5 rings (SSSR count). The monoisotopic (exact) mass is 519 g/mol. The van der Waals surface area contributed by atoms with Crippen LogP contribution in [0.2, 0.25) is 5.15 Å². The lowest BCUT2D eigenvalue weighted by Crippen LogP contribution is -2.32. The summed E-state index contributed by atoms with van der Waals surface area (Å²) in [6.45, 7) is 5.73. The maximum Gasteiger partial charge on any atom is 0.338 e. The Bertz CT molecular complexity index is 1450. The molecule has 190 valence electrons. The van der Waals surface area contributed by atoms with Crippen molar-refractivity contribution in [2.75, 3.05) is 6.61 Å². The van der Waals surface area contributed by atoms with E-state index in [1.165, 1.54) is 6.33 Å². The van der Waals surface area contributed by atoms with E-state index < -0.39 is 30.4 Å². The molecular weight excluding hydrogens is 494 g/mol. The number of hydrogen-bond donors (Lipinski definition) is 0. The second-order valence-corrected chi connectivity index (χ2v) is 9.58. The lowest BCUT2D eigenvalue weighted by Gasteiger charge is -2.19. The molecule has 4 aromatic rings. The number of benzene rings is 2. The van der Waals surface area contributed by atoms with Gasteiger partial charge < -0.3 is 18.8 Å². The maximum atomic E-state index is 12.9. The van der Waals surface area contributed by atoms with Crippen molar-refractivity contribution in [3.8, 4) is 0 Å². The third-order valence-corrected chi connectivity index (χ3v) is 6.74. The normalized spacial score (nSPS) is 19.2. The van der Waals surface area contributed by atoms with Gasteiger partial charge in [-0.05, 0) is 50.6 Å². The predicted molar refractivity (Wildman–Crippen MR) is 138 cm³/mol. The number of esters is 2. The van der Waals surface area contributed by atoms with Crippen molar-refractivity contribution < 1.29 is 23.8 Å². The second kappa shape index (κ2) is 10.3. The second-order valence-electron chi connectivity index (χ2n) is 9.22. The molecule has 9 heteroatoms. The number of fused-ring (bicyclic) bond motifs is 1. The highest BCUT2D eigenvalue weighted by Gasteiger charge is 2.40. The number of nitrogens with zero attached hydrogens (tertiary/aromatic N) is 3. The molecule has 0 aliphatic carbocycles. The summed E-state index contributed by atoms with van der Waals surface area (Å²) in [4.78, 5) is 34.0. The highest BCUT2D eigenvalue weighted by Crippen LogP contribution is 2.36. The van der Waals surface area contributed by atoms with Crippen molar-refractivity contribution in [1.82, 2.24) is 14.5 Å². The fourth-order valence-electron chi connectivity index (χ4n) is 4.42. The van der Waals surface area contributed by atoms with E-state index in [1.54, 1.807) is 24.3 Å². The molecule has 3 atom stereocenters. The number of rotatable bonds is 6. The van der Waals surface area contributed by atoms with Gasteiger partial charge in [0.2, 0.25) is 0 Å². The lowest BCUT2D eigenvalue weighted by molar-refractivity contribution is -0.0562. The number of halogens is 1. The van der Waals surface area contributed by atoms with E-state index in [4.69, 9.17) is 25.8 Å². The Morgan fingerprint density at radius 1 is 0.973 bits per heavy atom. The number of hydrogen-bond acceptors (Lipinski definition) is 7. The topological polar surface area (TPSA) is 92.5 Å². The first kappa shape index (κ1) is 24.9. The average molecular weight is 520 g/mol. The first-order chi connectivity index (χ1) is 17.8. The van der Waals surface area contributed by atoms with Gasteiger partial charge in [-0.3, -0.25) is 0 Å². The number of aryl methyl sites for hydroxylation is 3. The van der Waals surface area contributed by atoms with Crippen LogP contribution in [0, 0.1) is 20.8 Å². The third kappa shape index (κ3) is 5.21. The first-order valence-electron chi connectivity index (χ1n) is 11.9. The molecule has 1 aliphatic heterocycles. The summed E-state index contributed by atoms with van der Waals surface area (Å²) in [7, 11) is 0. The number of ether oxygens (including phenoxy) is 3. The number of carbonyl (C=O) groups excluding carboxylic acids is 2. The Labute approximate surface area is 219 Å². The van der Waals surface area contributed by atoms with Gasteiger partial charge >= 0.3 is 11.9 Å². The van der Waals surface area contributed by atoms with Gasteiger partial charge in [0.15, 0.2) is 0 Å². The minimum Gasteiger partial charge on any atom is -0.459 e. The van der Waals surface area contributed by atoms with Crippen molar-refractivity contribution in [3.05, 3.63) is 94.0 Å². The van der Waals surface area contributed by atoms with Crippen LogP contribution < -0.4 is 0 Å². The summed E-state index contributed by atoms with van der Waals surface area (Å²) < 4.78 is 19.6. The van der Waals surface area contributed by atoms with Gasteiger partial charge in [0.1, 0.15) is 42.2 Å². The Balaban J connectivity index is 1.38. The molecule has 2 aromatic heterocycles. The lowest BCUT2D eigenvalue weighted by atomic mass is 10.1. The van der Waals surface area contributed by atoms with Crippen LogP contribution in [0.1, 0.15) is 50.1 Å². The molecule has 2 aromatic carbocycles. The molecule has 0 N–H and O–H groups in total. The van der Waals surface area contributed by atoms with Crippen LogP contribution in [0.3, 0.4) is 0 Å². The summed E-state index contributed by atoms with van der Waals surface area (Å²) >= 11 is 6.31. The van der Waals surface area contributed by atoms with Crippen molar-refractivity contribution in [2.45, 2.75) is 45.6 Å². The summed E-state index contributed by atoms with van der Waals surface area (Å²) in [5.74, 6) is -0.944. The van der Waals surface area contributed by atoms with Gasteiger partial charge in [-0.25, -0.2) is 19.6 Å². The van der Waals surface area contributed by atoms with Gasteiger partial charge in [-0.15, -0.1) is 0 Å². The molecule has 0 spiro atoms. The van der Waals surface area contributed by atoms with Crippen LogP contribution >= 0.6 is 11.6 Å². The highest BCUT2D eigenvalue weighted by molar-refractivity contribution is 6.34. The predicted octanol–water partition coefficient (Wildman–Crippen LogP) is 5.38. The van der Waals surface area contributed by atoms with Crippen LogP contribution in [-0.4, -0.2) is 45.3 Å². The Morgan fingerprint density at radius 2 is 1.59 bits per heavy atom. The van der Waals surface area contributed by atoms with E-state index in [0.29, 0.717) is 28.3 Å². The van der Waals surface area contributed by atoms with E-state index in [9.17, 15) is 9.59 Å². The van der Waals surface area contributed by atoms with E-state index in [-0.39, 0.29) is 6.61 Å². The average Bonchev–Trinajstić information content (AvgIpc) is 3.44. The zero-order valence-corrected chi connectivity index (χ0v) is 21.4. The Morgan fingerprint density at radius 3 is 2.24 bits per heavy atom. The van der Waals surface area contributed by atoms with Gasteiger partial charge in [0, 0.05) is 12.6 Å². The summed E-state index contributed by atoms with van der Waals surface area (Å²) in [6.07, 6.45) is 1.78. The van der Waals surface area contributed by atoms with E-state index in [1.807, 2.05) is 55.8 Å². The van der Waals surface area contributed by atoms with Crippen LogP contribution in [0.4, 0.5) is 0 Å². The zero-order valence-electron chi connectivity index (χ0n) is 20.7. The van der Waals surface area contributed by atoms with E-state index in [2.05, 4.69) is 9.97 Å². The fraction of sp³-hybridized carbons (Fsp3) is 0.286. The molecule has 37 heavy (non-hydrogen) atoms. The number of carbonyl (C=O) groups is 2. The molecule has 0 unspecified atom stereocenters. The SMILES string of the molecule is Cc1ccc(C(=O)OC[C@H]2O[C@@H](n3cc(C)c4c(Cl)ncnc43)C[C@@H]2OC(=O)c2ccc(C)cc2)cc1. The molecule has 0 radical (unpaired) electrons. The molecular formula is C28H26ClN3O5. The highest BCUT2D eigenvalue weighted by atomic mass is 35.5. The Kier molecular flexibility index (Phi) is 6.95. The first-order valence-corrected chi connectivity index (χ1v) is 12.3. The molecule has 0 amide bonds. The molecule has 0 bridgehead atoms.